The molecular weight excluding hydrogens is 368 g/mol. The number of alkyl halides is 3. The van der Waals surface area contributed by atoms with Crippen molar-refractivity contribution in [2.75, 3.05) is 22.6 Å². The maximum absolute atomic E-state index is 10.9. The molecule has 2 nitrogen and oxygen atoms in total. The molecule has 0 radical (unpaired) electrons. The molecule has 0 aliphatic rings. The lowest BCUT2D eigenvalue weighted by Gasteiger charge is -2.26. The third kappa shape index (κ3) is 4.79. The van der Waals surface area contributed by atoms with Crippen molar-refractivity contribution in [2.45, 2.75) is 13.3 Å². The van der Waals surface area contributed by atoms with Gasteiger partial charge in [0.1, 0.15) is 0 Å². The first-order chi connectivity index (χ1) is 6.14. The summed E-state index contributed by atoms with van der Waals surface area (Å²) in [6, 6.07) is 0. The molecule has 0 amide bonds. The highest BCUT2D eigenvalue weighted by Crippen LogP contribution is 2.26. The van der Waals surface area contributed by atoms with Crippen LogP contribution in [0.25, 0.3) is 0 Å². The molecule has 0 aromatic heterocycles. The van der Waals surface area contributed by atoms with Crippen LogP contribution in [-0.2, 0) is 9.53 Å². The smallest absolute Gasteiger partial charge is 0.305 e. The Morgan fingerprint density at radius 2 is 1.69 bits per heavy atom. The van der Waals surface area contributed by atoms with Gasteiger partial charge in [-0.3, -0.25) is 4.79 Å². The van der Waals surface area contributed by atoms with E-state index in [-0.39, 0.29) is 11.4 Å². The third-order valence-corrected chi connectivity index (χ3v) is 5.25. The van der Waals surface area contributed by atoms with Crippen LogP contribution in [0.5, 0.6) is 0 Å². The quantitative estimate of drug-likeness (QED) is 0.523. The minimum atomic E-state index is -0.146. The number of hydrogen-bond acceptors (Lipinski definition) is 2. The van der Waals surface area contributed by atoms with Gasteiger partial charge in [-0.15, -0.1) is 0 Å². The Bertz CT molecular complexity index is 149. The van der Waals surface area contributed by atoms with Gasteiger partial charge in [0.15, 0.2) is 0 Å². The van der Waals surface area contributed by atoms with E-state index in [0.29, 0.717) is 13.0 Å². The molecule has 0 aliphatic carbocycles. The van der Waals surface area contributed by atoms with E-state index in [1.807, 2.05) is 0 Å². The van der Waals surface area contributed by atoms with Crippen molar-refractivity contribution >= 4 is 53.8 Å². The molecule has 0 saturated carbocycles. The van der Waals surface area contributed by atoms with Crippen molar-refractivity contribution < 1.29 is 9.53 Å². The zero-order valence-corrected chi connectivity index (χ0v) is 12.2. The van der Waals surface area contributed by atoms with Crippen LogP contribution in [0, 0.1) is 5.41 Å². The van der Waals surface area contributed by atoms with Gasteiger partial charge in [-0.05, 0) is 0 Å². The van der Waals surface area contributed by atoms with Crippen molar-refractivity contribution in [3.05, 3.63) is 0 Å². The number of carbonyl (C=O) groups excluding carboxylic acids is 1. The Morgan fingerprint density at radius 1 is 1.23 bits per heavy atom. The van der Waals surface area contributed by atoms with E-state index in [9.17, 15) is 4.79 Å². The van der Waals surface area contributed by atoms with Crippen LogP contribution in [-0.4, -0.2) is 28.6 Å². The van der Waals surface area contributed by atoms with Crippen LogP contribution in [0.4, 0.5) is 0 Å². The lowest BCUT2D eigenvalue weighted by atomic mass is 9.98. The molecule has 5 heteroatoms. The van der Waals surface area contributed by atoms with Gasteiger partial charge in [0, 0.05) is 27.8 Å². The van der Waals surface area contributed by atoms with E-state index in [0.717, 1.165) is 16.0 Å². The van der Waals surface area contributed by atoms with Crippen LogP contribution in [0.2, 0.25) is 0 Å². The molecule has 13 heavy (non-hydrogen) atoms. The highest BCUT2D eigenvalue weighted by molar-refractivity contribution is 9.10. The molecule has 0 bridgehead atoms. The summed E-state index contributed by atoms with van der Waals surface area (Å²) in [5, 5.41) is 2.40. The van der Waals surface area contributed by atoms with Crippen LogP contribution >= 0.6 is 47.8 Å². The number of ether oxygens (including phenoxy) is 1. The second kappa shape index (κ2) is 7.23. The Kier molecular flexibility index (Phi) is 7.74. The molecule has 0 saturated heterocycles. The second-order valence-electron chi connectivity index (χ2n) is 2.92. The highest BCUT2D eigenvalue weighted by Gasteiger charge is 2.28. The minimum absolute atomic E-state index is 0.0369. The molecule has 0 aromatic carbocycles. The van der Waals surface area contributed by atoms with Crippen molar-refractivity contribution in [3.8, 4) is 0 Å². The summed E-state index contributed by atoms with van der Waals surface area (Å²) < 4.78 is 5.10. The van der Waals surface area contributed by atoms with Crippen LogP contribution in [0.3, 0.4) is 0 Å². The molecule has 0 N–H and O–H groups in total. The van der Waals surface area contributed by atoms with E-state index >= 15 is 0 Å². The largest absolute Gasteiger partial charge is 0.465 e. The zero-order chi connectivity index (χ0) is 10.3. The van der Waals surface area contributed by atoms with E-state index in [1.165, 1.54) is 0 Å². The molecule has 78 valence electrons. The summed E-state index contributed by atoms with van der Waals surface area (Å²) in [5.41, 5.74) is -0.0369. The number of esters is 1. The lowest BCUT2D eigenvalue weighted by molar-refractivity contribution is -0.145. The summed E-state index contributed by atoms with van der Waals surface area (Å²) in [7, 11) is 0. The molecule has 0 fully saturated rings. The summed E-state index contributed by atoms with van der Waals surface area (Å²) in [5.74, 6) is -0.146. The first-order valence-corrected chi connectivity index (χ1v) is 7.34. The van der Waals surface area contributed by atoms with Crippen LogP contribution in [0.1, 0.15) is 13.3 Å². The Morgan fingerprint density at radius 3 is 2.00 bits per heavy atom. The van der Waals surface area contributed by atoms with Gasteiger partial charge in [-0.25, -0.2) is 0 Å². The number of halogens is 3. The molecule has 0 rings (SSSR count). The molecule has 0 heterocycles. The minimum Gasteiger partial charge on any atom is -0.465 e. The van der Waals surface area contributed by atoms with Crippen molar-refractivity contribution in [2.24, 2.45) is 5.41 Å². The third-order valence-electron chi connectivity index (χ3n) is 1.68. The summed E-state index contributed by atoms with van der Waals surface area (Å²) >= 11 is 10.2. The fraction of sp³-hybridized carbons (Fsp3) is 0.875. The van der Waals surface area contributed by atoms with E-state index < -0.39 is 0 Å². The van der Waals surface area contributed by atoms with E-state index in [1.54, 1.807) is 6.92 Å². The van der Waals surface area contributed by atoms with Crippen molar-refractivity contribution in [1.82, 2.24) is 0 Å². The van der Waals surface area contributed by atoms with Gasteiger partial charge >= 0.3 is 5.97 Å². The predicted molar refractivity (Wildman–Crippen MR) is 65.1 cm³/mol. The van der Waals surface area contributed by atoms with Gasteiger partial charge in [0.05, 0.1) is 6.61 Å². The summed E-state index contributed by atoms with van der Waals surface area (Å²) in [6.45, 7) is 2.24. The van der Waals surface area contributed by atoms with Gasteiger partial charge in [0.25, 0.3) is 0 Å². The Balaban J connectivity index is 4.02. The average molecular weight is 381 g/mol. The van der Waals surface area contributed by atoms with Gasteiger partial charge < -0.3 is 4.74 Å². The number of rotatable bonds is 6. The molecular formula is C8H13Br3O2. The topological polar surface area (TPSA) is 26.3 Å². The molecule has 0 unspecified atom stereocenters. The average Bonchev–Trinajstić information content (AvgIpc) is 2.20. The maximum atomic E-state index is 10.9. The number of hydrogen-bond donors (Lipinski definition) is 0. The standard InChI is InChI=1S/C8H13Br3O2/c1-2-7(12)13-6-8(3-9,4-10)5-11/h2-6H2,1H3. The van der Waals surface area contributed by atoms with E-state index in [4.69, 9.17) is 4.74 Å². The van der Waals surface area contributed by atoms with E-state index in [2.05, 4.69) is 47.8 Å². The van der Waals surface area contributed by atoms with Crippen LogP contribution < -0.4 is 0 Å². The summed E-state index contributed by atoms with van der Waals surface area (Å²) in [6.07, 6.45) is 0.433. The summed E-state index contributed by atoms with van der Waals surface area (Å²) in [4.78, 5) is 10.9. The molecule has 0 aliphatic heterocycles. The lowest BCUT2D eigenvalue weighted by Crippen LogP contribution is -2.33. The molecule has 0 atom stereocenters. The SMILES string of the molecule is CCC(=O)OCC(CBr)(CBr)CBr. The molecule has 0 spiro atoms. The van der Waals surface area contributed by atoms with Crippen molar-refractivity contribution in [3.63, 3.8) is 0 Å². The van der Waals surface area contributed by atoms with Crippen molar-refractivity contribution in [1.29, 1.82) is 0 Å². The van der Waals surface area contributed by atoms with Gasteiger partial charge in [-0.2, -0.15) is 0 Å². The molecule has 0 aromatic rings. The maximum Gasteiger partial charge on any atom is 0.305 e. The Hall–Kier alpha value is 0.910. The fourth-order valence-electron chi connectivity index (χ4n) is 0.559. The van der Waals surface area contributed by atoms with Crippen LogP contribution in [0.15, 0.2) is 0 Å². The number of carbonyl (C=O) groups is 1. The second-order valence-corrected chi connectivity index (χ2v) is 4.60. The van der Waals surface area contributed by atoms with Gasteiger partial charge in [0.2, 0.25) is 0 Å². The highest BCUT2D eigenvalue weighted by atomic mass is 79.9. The fourth-order valence-corrected chi connectivity index (χ4v) is 3.83. The first-order valence-electron chi connectivity index (χ1n) is 3.97. The zero-order valence-electron chi connectivity index (χ0n) is 7.49. The Labute approximate surface area is 104 Å². The normalized spacial score (nSPS) is 11.4. The van der Waals surface area contributed by atoms with Gasteiger partial charge in [-0.1, -0.05) is 54.7 Å². The first kappa shape index (κ1) is 13.9. The monoisotopic (exact) mass is 378 g/mol. The predicted octanol–water partition coefficient (Wildman–Crippen LogP) is 3.11.